The summed E-state index contributed by atoms with van der Waals surface area (Å²) < 4.78 is 4.50. The molecule has 0 heterocycles. The first-order valence-electron chi connectivity index (χ1n) is 5.36. The highest BCUT2D eigenvalue weighted by atomic mass is 16.5. The largest absolute Gasteiger partial charge is 0.469 e. The van der Waals surface area contributed by atoms with Gasteiger partial charge in [0.2, 0.25) is 0 Å². The maximum Gasteiger partial charge on any atom is 0.305 e. The van der Waals surface area contributed by atoms with E-state index in [0.29, 0.717) is 25.7 Å². The van der Waals surface area contributed by atoms with Crippen LogP contribution in [0, 0.1) is 35.5 Å². The predicted octanol–water partition coefficient (Wildman–Crippen LogP) is 1.11. The first kappa shape index (κ1) is 15.1. The van der Waals surface area contributed by atoms with Crippen molar-refractivity contribution in [2.75, 3.05) is 13.7 Å². The number of aliphatic hydroxyl groups excluding tert-OH is 1. The van der Waals surface area contributed by atoms with Crippen LogP contribution in [0.3, 0.4) is 0 Å². The summed E-state index contributed by atoms with van der Waals surface area (Å²) in [5, 5.41) is 8.37. The molecule has 90 valence electrons. The molecule has 0 rings (SSSR count). The lowest BCUT2D eigenvalue weighted by atomic mass is 10.2. The molecule has 0 amide bonds. The molecule has 0 saturated carbocycles. The number of ether oxygens (including phenoxy) is 1. The van der Waals surface area contributed by atoms with E-state index >= 15 is 0 Å². The number of unbranched alkanes of at least 4 members (excludes halogenated alkanes) is 1. The Morgan fingerprint density at radius 1 is 1.06 bits per heavy atom. The number of esters is 1. The van der Waals surface area contributed by atoms with Crippen molar-refractivity contribution < 1.29 is 14.6 Å². The van der Waals surface area contributed by atoms with E-state index < -0.39 is 0 Å². The summed E-state index contributed by atoms with van der Waals surface area (Å²) in [7, 11) is 1.38. The van der Waals surface area contributed by atoms with Crippen LogP contribution >= 0.6 is 0 Å². The van der Waals surface area contributed by atoms with Gasteiger partial charge in [0.05, 0.1) is 20.0 Å². The first-order chi connectivity index (χ1) is 8.31. The average Bonchev–Trinajstić information content (AvgIpc) is 2.35. The van der Waals surface area contributed by atoms with E-state index in [4.69, 9.17) is 5.11 Å². The topological polar surface area (TPSA) is 46.5 Å². The SMILES string of the molecule is COC(=O)CCCC#CCC#CCC#CCO. The summed E-state index contributed by atoms with van der Waals surface area (Å²) in [4.78, 5) is 10.7. The van der Waals surface area contributed by atoms with Gasteiger partial charge >= 0.3 is 5.97 Å². The number of methoxy groups -OCH3 is 1. The molecule has 0 aromatic carbocycles. The van der Waals surface area contributed by atoms with Crippen molar-refractivity contribution in [3.63, 3.8) is 0 Å². The average molecular weight is 232 g/mol. The summed E-state index contributed by atoms with van der Waals surface area (Å²) in [6.45, 7) is -0.123. The Bertz CT molecular complexity index is 390. The lowest BCUT2D eigenvalue weighted by Gasteiger charge is -1.93. The van der Waals surface area contributed by atoms with Crippen LogP contribution in [0.2, 0.25) is 0 Å². The van der Waals surface area contributed by atoms with Crippen LogP contribution in [0.25, 0.3) is 0 Å². The van der Waals surface area contributed by atoms with Crippen molar-refractivity contribution in [2.45, 2.75) is 32.1 Å². The van der Waals surface area contributed by atoms with Crippen LogP contribution < -0.4 is 0 Å². The van der Waals surface area contributed by atoms with Crippen LogP contribution in [-0.2, 0) is 9.53 Å². The minimum atomic E-state index is -0.200. The molecule has 0 aliphatic rings. The summed E-state index contributed by atoms with van der Waals surface area (Å²) >= 11 is 0. The fraction of sp³-hybridized carbons (Fsp3) is 0.500. The van der Waals surface area contributed by atoms with Crippen LogP contribution in [-0.4, -0.2) is 24.8 Å². The van der Waals surface area contributed by atoms with Gasteiger partial charge in [-0.15, -0.1) is 5.92 Å². The Morgan fingerprint density at radius 2 is 1.65 bits per heavy atom. The van der Waals surface area contributed by atoms with Crippen molar-refractivity contribution in [1.82, 2.24) is 0 Å². The van der Waals surface area contributed by atoms with E-state index in [9.17, 15) is 4.79 Å². The second-order valence-electron chi connectivity index (χ2n) is 3.00. The summed E-state index contributed by atoms with van der Waals surface area (Å²) in [5.74, 6) is 16.5. The molecule has 0 saturated heterocycles. The molecule has 0 bridgehead atoms. The van der Waals surface area contributed by atoms with Crippen LogP contribution in [0.15, 0.2) is 0 Å². The molecule has 0 fully saturated rings. The lowest BCUT2D eigenvalue weighted by molar-refractivity contribution is -0.140. The Kier molecular flexibility index (Phi) is 10.8. The molecule has 0 radical (unpaired) electrons. The quantitative estimate of drug-likeness (QED) is 0.450. The van der Waals surface area contributed by atoms with Crippen LogP contribution in [0.4, 0.5) is 0 Å². The monoisotopic (exact) mass is 232 g/mol. The number of hydrogen-bond acceptors (Lipinski definition) is 3. The Balaban J connectivity index is 3.52. The first-order valence-corrected chi connectivity index (χ1v) is 5.36. The van der Waals surface area contributed by atoms with Crippen molar-refractivity contribution in [3.8, 4) is 35.5 Å². The van der Waals surface area contributed by atoms with Gasteiger partial charge in [-0.1, -0.05) is 29.6 Å². The number of rotatable bonds is 3. The van der Waals surface area contributed by atoms with Crippen LogP contribution in [0.1, 0.15) is 32.1 Å². The van der Waals surface area contributed by atoms with Gasteiger partial charge in [0.15, 0.2) is 0 Å². The highest BCUT2D eigenvalue weighted by Crippen LogP contribution is 1.95. The molecule has 0 spiro atoms. The zero-order chi connectivity index (χ0) is 12.8. The highest BCUT2D eigenvalue weighted by Gasteiger charge is 1.96. The summed E-state index contributed by atoms with van der Waals surface area (Å²) in [5.41, 5.74) is 0. The maximum absolute atomic E-state index is 10.7. The lowest BCUT2D eigenvalue weighted by Crippen LogP contribution is -1.98. The summed E-state index contributed by atoms with van der Waals surface area (Å²) in [6, 6.07) is 0. The number of hydrogen-bond donors (Lipinski definition) is 1. The number of aliphatic hydroxyl groups is 1. The third-order valence-corrected chi connectivity index (χ3v) is 1.72. The van der Waals surface area contributed by atoms with Gasteiger partial charge in [-0.3, -0.25) is 4.79 Å². The molecule has 0 aromatic heterocycles. The molecule has 0 atom stereocenters. The molecular formula is C14H16O3. The van der Waals surface area contributed by atoms with E-state index in [2.05, 4.69) is 40.3 Å². The molecule has 3 nitrogen and oxygen atoms in total. The van der Waals surface area contributed by atoms with Gasteiger partial charge in [-0.25, -0.2) is 0 Å². The third-order valence-electron chi connectivity index (χ3n) is 1.72. The minimum absolute atomic E-state index is 0.123. The molecule has 0 aliphatic carbocycles. The van der Waals surface area contributed by atoms with Gasteiger partial charge in [0, 0.05) is 12.8 Å². The van der Waals surface area contributed by atoms with Gasteiger partial charge in [-0.05, 0) is 6.42 Å². The maximum atomic E-state index is 10.7. The van der Waals surface area contributed by atoms with Crippen molar-refractivity contribution in [1.29, 1.82) is 0 Å². The van der Waals surface area contributed by atoms with Gasteiger partial charge < -0.3 is 9.84 Å². The summed E-state index contributed by atoms with van der Waals surface area (Å²) in [6.07, 6.45) is 2.79. The van der Waals surface area contributed by atoms with Crippen LogP contribution in [0.5, 0.6) is 0 Å². The molecule has 0 unspecified atom stereocenters. The normalized spacial score (nSPS) is 7.65. The second-order valence-corrected chi connectivity index (χ2v) is 3.00. The van der Waals surface area contributed by atoms with Crippen molar-refractivity contribution >= 4 is 5.97 Å². The van der Waals surface area contributed by atoms with E-state index in [1.54, 1.807) is 0 Å². The zero-order valence-electron chi connectivity index (χ0n) is 10.0. The Hall–Kier alpha value is -1.89. The van der Waals surface area contributed by atoms with E-state index in [1.807, 2.05) is 0 Å². The number of carbonyl (C=O) groups is 1. The minimum Gasteiger partial charge on any atom is -0.469 e. The van der Waals surface area contributed by atoms with Gasteiger partial charge in [-0.2, -0.15) is 0 Å². The van der Waals surface area contributed by atoms with Crippen molar-refractivity contribution in [2.24, 2.45) is 0 Å². The van der Waals surface area contributed by atoms with Gasteiger partial charge in [0.25, 0.3) is 0 Å². The Labute approximate surface area is 103 Å². The molecular weight excluding hydrogens is 216 g/mol. The fourth-order valence-corrected chi connectivity index (χ4v) is 0.906. The fourth-order valence-electron chi connectivity index (χ4n) is 0.906. The second kappa shape index (κ2) is 12.2. The predicted molar refractivity (Wildman–Crippen MR) is 65.5 cm³/mol. The molecule has 0 aliphatic heterocycles. The van der Waals surface area contributed by atoms with E-state index in [-0.39, 0.29) is 12.6 Å². The highest BCUT2D eigenvalue weighted by molar-refractivity contribution is 5.69. The van der Waals surface area contributed by atoms with Crippen molar-refractivity contribution in [3.05, 3.63) is 0 Å². The molecule has 3 heteroatoms. The van der Waals surface area contributed by atoms with Gasteiger partial charge in [0.1, 0.15) is 6.61 Å². The third kappa shape index (κ3) is 12.0. The van der Waals surface area contributed by atoms with E-state index in [0.717, 1.165) is 6.42 Å². The zero-order valence-corrected chi connectivity index (χ0v) is 10.0. The van der Waals surface area contributed by atoms with E-state index in [1.165, 1.54) is 7.11 Å². The molecule has 0 aromatic rings. The smallest absolute Gasteiger partial charge is 0.305 e. The standard InChI is InChI=1S/C14H16O3/c1-17-14(16)12-10-8-6-4-2-3-5-7-9-11-13-15/h15H,2,7-8,10,12-13H2,1H3. The Morgan fingerprint density at radius 3 is 2.24 bits per heavy atom. The molecule has 17 heavy (non-hydrogen) atoms. The number of carbonyl (C=O) groups excluding carboxylic acids is 1. The molecule has 1 N–H and O–H groups in total.